The Hall–Kier alpha value is -1.69. The largest absolute Gasteiger partial charge is 0.350 e. The normalized spacial score (nSPS) is 20.4. The van der Waals surface area contributed by atoms with Crippen LogP contribution in [0.4, 0.5) is 0 Å². The Labute approximate surface area is 137 Å². The molecule has 5 heteroatoms. The highest BCUT2D eigenvalue weighted by molar-refractivity contribution is 5.83. The van der Waals surface area contributed by atoms with E-state index in [2.05, 4.69) is 37.3 Å². The fraction of sp³-hybridized carbons (Fsp3) is 0.500. The van der Waals surface area contributed by atoms with Gasteiger partial charge in [0, 0.05) is 19.5 Å². The van der Waals surface area contributed by atoms with Gasteiger partial charge in [0.25, 0.3) is 0 Å². The van der Waals surface area contributed by atoms with Gasteiger partial charge in [0.05, 0.1) is 19.3 Å². The van der Waals surface area contributed by atoms with E-state index in [0.29, 0.717) is 32.7 Å². The summed E-state index contributed by atoms with van der Waals surface area (Å²) in [6.07, 6.45) is 3.07. The molecule has 1 fully saturated rings. The van der Waals surface area contributed by atoms with Crippen molar-refractivity contribution in [1.29, 1.82) is 0 Å². The van der Waals surface area contributed by atoms with Gasteiger partial charge >= 0.3 is 0 Å². The van der Waals surface area contributed by atoms with Gasteiger partial charge < -0.3 is 20.1 Å². The molecule has 1 aromatic rings. The number of carbonyl (C=O) groups is 1. The fourth-order valence-electron chi connectivity index (χ4n) is 3.06. The summed E-state index contributed by atoms with van der Waals surface area (Å²) in [5.41, 5.74) is 9.82. The number of aryl methyl sites for hydroxylation is 1. The van der Waals surface area contributed by atoms with Crippen molar-refractivity contribution in [3.8, 4) is 0 Å². The molecular weight excluding hydrogens is 292 g/mol. The summed E-state index contributed by atoms with van der Waals surface area (Å²) in [5.74, 6) is -0.0244. The number of ether oxygens (including phenoxy) is 2. The number of hydrogen-bond acceptors (Lipinski definition) is 4. The highest BCUT2D eigenvalue weighted by Crippen LogP contribution is 2.23. The molecule has 5 nitrogen and oxygen atoms in total. The molecule has 1 saturated heterocycles. The van der Waals surface area contributed by atoms with Crippen molar-refractivity contribution in [2.75, 3.05) is 26.3 Å². The van der Waals surface area contributed by atoms with Crippen molar-refractivity contribution < 1.29 is 14.3 Å². The number of carbonyl (C=O) groups excluding carboxylic acids is 1. The van der Waals surface area contributed by atoms with E-state index in [1.165, 1.54) is 16.7 Å². The summed E-state index contributed by atoms with van der Waals surface area (Å²) in [4.78, 5) is 14.3. The lowest BCUT2D eigenvalue weighted by atomic mass is 9.97. The minimum atomic E-state index is -0.563. The van der Waals surface area contributed by atoms with E-state index in [0.717, 1.165) is 6.42 Å². The van der Waals surface area contributed by atoms with Crippen molar-refractivity contribution in [3.05, 3.63) is 41.5 Å². The zero-order chi connectivity index (χ0) is 16.2. The minimum absolute atomic E-state index is 0.0244. The van der Waals surface area contributed by atoms with E-state index in [4.69, 9.17) is 15.2 Å². The predicted molar refractivity (Wildman–Crippen MR) is 88.6 cm³/mol. The van der Waals surface area contributed by atoms with Crippen LogP contribution < -0.4 is 5.73 Å². The zero-order valence-electron chi connectivity index (χ0n) is 13.5. The number of rotatable bonds is 4. The Kier molecular flexibility index (Phi) is 5.10. The second-order valence-corrected chi connectivity index (χ2v) is 6.15. The number of nitrogens with two attached hydrogens (primary N) is 1. The molecule has 2 N–H and O–H groups in total. The molecule has 124 valence electrons. The first-order chi connectivity index (χ1) is 11.1. The van der Waals surface area contributed by atoms with Gasteiger partial charge in [0.1, 0.15) is 0 Å². The van der Waals surface area contributed by atoms with Crippen molar-refractivity contribution in [3.63, 3.8) is 0 Å². The number of nitrogens with zero attached hydrogens (tertiary/aromatic N) is 1. The molecule has 23 heavy (non-hydrogen) atoms. The maximum atomic E-state index is 12.4. The molecule has 0 bridgehead atoms. The van der Waals surface area contributed by atoms with Gasteiger partial charge in [-0.2, -0.15) is 0 Å². The van der Waals surface area contributed by atoms with Gasteiger partial charge in [-0.25, -0.2) is 0 Å². The van der Waals surface area contributed by atoms with Gasteiger partial charge in [-0.1, -0.05) is 35.9 Å². The molecule has 0 spiro atoms. The monoisotopic (exact) mass is 316 g/mol. The predicted octanol–water partition coefficient (Wildman–Crippen LogP) is 1.70. The Morgan fingerprint density at radius 2 is 2.17 bits per heavy atom. The van der Waals surface area contributed by atoms with E-state index >= 15 is 0 Å². The quantitative estimate of drug-likeness (QED) is 0.918. The standard InChI is InChI=1S/C18H24N2O3/c1-13-3-2-4-15(11-13)14-5-7-20(8-6-14)18(21)16(19)12-17-22-9-10-23-17/h2-5,11,16-17H,6-10,12,19H2,1H3. The van der Waals surface area contributed by atoms with Crippen LogP contribution in [-0.4, -0.2) is 49.4 Å². The smallest absolute Gasteiger partial charge is 0.239 e. The van der Waals surface area contributed by atoms with E-state index < -0.39 is 6.04 Å². The third-order valence-corrected chi connectivity index (χ3v) is 4.36. The van der Waals surface area contributed by atoms with Crippen LogP contribution in [-0.2, 0) is 14.3 Å². The van der Waals surface area contributed by atoms with Crippen LogP contribution in [0, 0.1) is 6.92 Å². The molecule has 1 atom stereocenters. The van der Waals surface area contributed by atoms with Crippen molar-refractivity contribution in [2.45, 2.75) is 32.1 Å². The van der Waals surface area contributed by atoms with Gasteiger partial charge in [0.15, 0.2) is 6.29 Å². The van der Waals surface area contributed by atoms with Crippen LogP contribution in [0.25, 0.3) is 5.57 Å². The lowest BCUT2D eigenvalue weighted by Gasteiger charge is -2.29. The number of benzene rings is 1. The lowest BCUT2D eigenvalue weighted by molar-refractivity contribution is -0.135. The number of amides is 1. The van der Waals surface area contributed by atoms with Crippen LogP contribution in [0.1, 0.15) is 24.0 Å². The molecule has 2 aliphatic rings. The van der Waals surface area contributed by atoms with E-state index in [-0.39, 0.29) is 12.2 Å². The highest BCUT2D eigenvalue weighted by atomic mass is 16.7. The molecule has 2 heterocycles. The third-order valence-electron chi connectivity index (χ3n) is 4.36. The van der Waals surface area contributed by atoms with Crippen molar-refractivity contribution >= 4 is 11.5 Å². The van der Waals surface area contributed by atoms with Gasteiger partial charge in [-0.15, -0.1) is 0 Å². The molecule has 2 aliphatic heterocycles. The second kappa shape index (κ2) is 7.25. The lowest BCUT2D eigenvalue weighted by Crippen LogP contribution is -2.46. The average Bonchev–Trinajstić information content (AvgIpc) is 3.07. The van der Waals surface area contributed by atoms with Gasteiger partial charge in [0.2, 0.25) is 5.91 Å². The first-order valence-corrected chi connectivity index (χ1v) is 8.17. The van der Waals surface area contributed by atoms with Crippen LogP contribution >= 0.6 is 0 Å². The van der Waals surface area contributed by atoms with E-state index in [9.17, 15) is 4.79 Å². The third kappa shape index (κ3) is 3.99. The topological polar surface area (TPSA) is 64.8 Å². The maximum Gasteiger partial charge on any atom is 0.239 e. The maximum absolute atomic E-state index is 12.4. The Bertz CT molecular complexity index is 594. The fourth-order valence-corrected chi connectivity index (χ4v) is 3.06. The molecular formula is C18H24N2O3. The summed E-state index contributed by atoms with van der Waals surface area (Å²) < 4.78 is 10.7. The van der Waals surface area contributed by atoms with Crippen LogP contribution in [0.15, 0.2) is 30.3 Å². The molecule has 1 aromatic carbocycles. The summed E-state index contributed by atoms with van der Waals surface area (Å²) >= 11 is 0. The van der Waals surface area contributed by atoms with Crippen molar-refractivity contribution in [1.82, 2.24) is 4.90 Å². The summed E-state index contributed by atoms with van der Waals surface area (Å²) in [7, 11) is 0. The summed E-state index contributed by atoms with van der Waals surface area (Å²) in [6, 6.07) is 7.91. The number of hydrogen-bond donors (Lipinski definition) is 1. The van der Waals surface area contributed by atoms with Crippen molar-refractivity contribution in [2.24, 2.45) is 5.73 Å². The molecule has 3 rings (SSSR count). The Balaban J connectivity index is 1.57. The van der Waals surface area contributed by atoms with E-state index in [1.54, 1.807) is 0 Å². The van der Waals surface area contributed by atoms with Crippen LogP contribution in [0.2, 0.25) is 0 Å². The Morgan fingerprint density at radius 1 is 1.39 bits per heavy atom. The summed E-state index contributed by atoms with van der Waals surface area (Å²) in [5, 5.41) is 0. The molecule has 0 aromatic heterocycles. The molecule has 1 amide bonds. The van der Waals surface area contributed by atoms with E-state index in [1.807, 2.05) is 4.90 Å². The molecule has 0 saturated carbocycles. The molecule has 1 unspecified atom stereocenters. The second-order valence-electron chi connectivity index (χ2n) is 6.15. The zero-order valence-corrected chi connectivity index (χ0v) is 13.5. The van der Waals surface area contributed by atoms with Crippen LogP contribution in [0.5, 0.6) is 0 Å². The average molecular weight is 316 g/mol. The molecule has 0 radical (unpaired) electrons. The van der Waals surface area contributed by atoms with Gasteiger partial charge in [-0.05, 0) is 24.5 Å². The Morgan fingerprint density at radius 3 is 2.83 bits per heavy atom. The first-order valence-electron chi connectivity index (χ1n) is 8.17. The summed E-state index contributed by atoms with van der Waals surface area (Å²) in [6.45, 7) is 4.57. The minimum Gasteiger partial charge on any atom is -0.350 e. The van der Waals surface area contributed by atoms with Crippen LogP contribution in [0.3, 0.4) is 0 Å². The first kappa shape index (κ1) is 16.2. The SMILES string of the molecule is Cc1cccc(C2=CCN(C(=O)C(N)CC3OCCO3)CC2)c1. The molecule has 0 aliphatic carbocycles. The van der Waals surface area contributed by atoms with Gasteiger partial charge in [-0.3, -0.25) is 4.79 Å². The highest BCUT2D eigenvalue weighted by Gasteiger charge is 2.27.